The number of ether oxygens (including phenoxy) is 1. The Morgan fingerprint density at radius 2 is 1.79 bits per heavy atom. The van der Waals surface area contributed by atoms with Crippen molar-refractivity contribution in [3.8, 4) is 5.75 Å². The minimum atomic E-state index is -0.209. The number of rotatable bonds is 9. The van der Waals surface area contributed by atoms with Gasteiger partial charge in [-0.1, -0.05) is 26.7 Å². The van der Waals surface area contributed by atoms with Crippen LogP contribution in [0.5, 0.6) is 5.75 Å². The van der Waals surface area contributed by atoms with Crippen LogP contribution in [0.1, 0.15) is 39.5 Å². The number of likely N-dealkylation sites (N-methyl/N-ethyl adjacent to an activating group) is 1. The largest absolute Gasteiger partial charge is 0.492 e. The lowest BCUT2D eigenvalue weighted by molar-refractivity contribution is -0.132. The summed E-state index contributed by atoms with van der Waals surface area (Å²) in [5.41, 5.74) is 6.82. The van der Waals surface area contributed by atoms with Gasteiger partial charge in [0.2, 0.25) is 5.91 Å². The molecule has 4 atom stereocenters. The minimum Gasteiger partial charge on any atom is -0.492 e. The van der Waals surface area contributed by atoms with Crippen LogP contribution in [0, 0.1) is 5.92 Å². The molecule has 3 heterocycles. The summed E-state index contributed by atoms with van der Waals surface area (Å²) in [4.78, 5) is 17.5. The zero-order valence-electron chi connectivity index (χ0n) is 20.1. The SMILES string of the molecule is CCN(CC)CCOc1ccc(NC2NC(N3CCCCCC3)NC3CNNC(=O)C32)cc1. The van der Waals surface area contributed by atoms with Gasteiger partial charge in [0.1, 0.15) is 18.6 Å². The van der Waals surface area contributed by atoms with E-state index in [4.69, 9.17) is 4.74 Å². The smallest absolute Gasteiger partial charge is 0.242 e. The normalized spacial score (nSPS) is 28.6. The summed E-state index contributed by atoms with van der Waals surface area (Å²) < 4.78 is 5.92. The van der Waals surface area contributed by atoms with Crippen LogP contribution in [0.15, 0.2) is 24.3 Å². The maximum Gasteiger partial charge on any atom is 0.242 e. The van der Waals surface area contributed by atoms with Gasteiger partial charge in [0.05, 0.1) is 12.1 Å². The van der Waals surface area contributed by atoms with E-state index in [1.54, 1.807) is 0 Å². The predicted molar refractivity (Wildman–Crippen MR) is 131 cm³/mol. The van der Waals surface area contributed by atoms with E-state index in [9.17, 15) is 4.79 Å². The fraction of sp³-hybridized carbons (Fsp3) is 0.708. The molecule has 3 fully saturated rings. The predicted octanol–water partition coefficient (Wildman–Crippen LogP) is 1.12. The van der Waals surface area contributed by atoms with E-state index >= 15 is 0 Å². The van der Waals surface area contributed by atoms with Crippen molar-refractivity contribution >= 4 is 11.6 Å². The number of nitrogens with one attached hydrogen (secondary N) is 5. The van der Waals surface area contributed by atoms with Gasteiger partial charge >= 0.3 is 0 Å². The summed E-state index contributed by atoms with van der Waals surface area (Å²) in [7, 11) is 0. The number of nitrogens with zero attached hydrogens (tertiary/aromatic N) is 2. The van der Waals surface area contributed by atoms with Crippen molar-refractivity contribution in [2.24, 2.45) is 5.92 Å². The van der Waals surface area contributed by atoms with Gasteiger partial charge in [-0.05, 0) is 50.2 Å². The summed E-state index contributed by atoms with van der Waals surface area (Å²) in [6.45, 7) is 10.9. The Kier molecular flexibility index (Phi) is 8.80. The highest BCUT2D eigenvalue weighted by Crippen LogP contribution is 2.24. The average molecular weight is 460 g/mol. The molecule has 4 rings (SSSR count). The van der Waals surface area contributed by atoms with Gasteiger partial charge in [0, 0.05) is 37.9 Å². The molecule has 0 spiro atoms. The van der Waals surface area contributed by atoms with Crippen molar-refractivity contribution in [1.29, 1.82) is 0 Å². The second-order valence-electron chi connectivity index (χ2n) is 9.21. The van der Waals surface area contributed by atoms with E-state index in [2.05, 4.69) is 50.4 Å². The van der Waals surface area contributed by atoms with Crippen LogP contribution in [0.4, 0.5) is 5.69 Å². The third-order valence-electron chi connectivity index (χ3n) is 7.09. The number of amides is 1. The van der Waals surface area contributed by atoms with Crippen LogP contribution in [-0.4, -0.2) is 80.1 Å². The number of hydrazine groups is 1. The number of fused-ring (bicyclic) bond motifs is 1. The molecule has 3 aliphatic heterocycles. The van der Waals surface area contributed by atoms with Crippen molar-refractivity contribution in [1.82, 2.24) is 31.3 Å². The summed E-state index contributed by atoms with van der Waals surface area (Å²) >= 11 is 0. The van der Waals surface area contributed by atoms with Crippen LogP contribution in [-0.2, 0) is 4.79 Å². The molecule has 0 aromatic heterocycles. The van der Waals surface area contributed by atoms with Crippen LogP contribution < -0.4 is 31.5 Å². The molecule has 0 radical (unpaired) electrons. The summed E-state index contributed by atoms with van der Waals surface area (Å²) in [5.74, 6) is 0.666. The molecule has 1 aromatic rings. The van der Waals surface area contributed by atoms with E-state index < -0.39 is 0 Å². The van der Waals surface area contributed by atoms with E-state index in [0.717, 1.165) is 44.2 Å². The average Bonchev–Trinajstić information content (AvgIpc) is 3.12. The van der Waals surface area contributed by atoms with Crippen molar-refractivity contribution < 1.29 is 9.53 Å². The second kappa shape index (κ2) is 12.0. The zero-order chi connectivity index (χ0) is 23.0. The molecule has 4 unspecified atom stereocenters. The quantitative estimate of drug-likeness (QED) is 0.375. The first-order valence-electron chi connectivity index (χ1n) is 12.7. The van der Waals surface area contributed by atoms with Crippen molar-refractivity contribution in [3.63, 3.8) is 0 Å². The number of benzene rings is 1. The third-order valence-corrected chi connectivity index (χ3v) is 7.09. The maximum absolute atomic E-state index is 12.7. The number of likely N-dealkylation sites (tertiary alicyclic amines) is 1. The Labute approximate surface area is 197 Å². The number of carbonyl (C=O) groups is 1. The Morgan fingerprint density at radius 3 is 2.48 bits per heavy atom. The van der Waals surface area contributed by atoms with Crippen LogP contribution >= 0.6 is 0 Å². The van der Waals surface area contributed by atoms with Gasteiger partial charge in [-0.15, -0.1) is 0 Å². The highest BCUT2D eigenvalue weighted by Gasteiger charge is 2.44. The van der Waals surface area contributed by atoms with Crippen LogP contribution in [0.3, 0.4) is 0 Å². The van der Waals surface area contributed by atoms with E-state index in [1.165, 1.54) is 25.7 Å². The zero-order valence-corrected chi connectivity index (χ0v) is 20.1. The van der Waals surface area contributed by atoms with E-state index in [1.807, 2.05) is 24.3 Å². The Bertz CT molecular complexity index is 735. The summed E-state index contributed by atoms with van der Waals surface area (Å²) in [6.07, 6.45) is 4.92. The molecular weight excluding hydrogens is 418 g/mol. The standard InChI is InChI=1S/C24H41N7O2/c1-3-30(4-2)15-16-33-19-11-9-18(10-12-19)26-22-21-20(17-25-29-23(21)32)27-24(28-22)31-13-7-5-6-8-14-31/h9-12,20-22,24-28H,3-8,13-17H2,1-2H3,(H,29,32). The van der Waals surface area contributed by atoms with Gasteiger partial charge in [0.25, 0.3) is 0 Å². The van der Waals surface area contributed by atoms with E-state index in [-0.39, 0.29) is 30.3 Å². The highest BCUT2D eigenvalue weighted by atomic mass is 16.5. The van der Waals surface area contributed by atoms with Crippen molar-refractivity contribution in [2.75, 3.05) is 51.2 Å². The molecule has 3 aliphatic rings. The lowest BCUT2D eigenvalue weighted by Crippen LogP contribution is -2.76. The van der Waals surface area contributed by atoms with Gasteiger partial charge < -0.3 is 15.0 Å². The molecule has 184 valence electrons. The number of carbonyl (C=O) groups excluding carboxylic acids is 1. The molecule has 3 saturated heterocycles. The highest BCUT2D eigenvalue weighted by molar-refractivity contribution is 5.81. The lowest BCUT2D eigenvalue weighted by Gasteiger charge is -2.48. The van der Waals surface area contributed by atoms with Gasteiger partial charge in [-0.2, -0.15) is 0 Å². The Balaban J connectivity index is 1.39. The molecule has 9 heteroatoms. The third kappa shape index (κ3) is 6.36. The number of hydrogen-bond acceptors (Lipinski definition) is 8. The second-order valence-corrected chi connectivity index (χ2v) is 9.21. The molecule has 1 amide bonds. The van der Waals surface area contributed by atoms with Crippen LogP contribution in [0.25, 0.3) is 0 Å². The van der Waals surface area contributed by atoms with Crippen molar-refractivity contribution in [2.45, 2.75) is 58.0 Å². The van der Waals surface area contributed by atoms with Gasteiger partial charge in [-0.25, -0.2) is 5.43 Å². The van der Waals surface area contributed by atoms with Crippen molar-refractivity contribution in [3.05, 3.63) is 24.3 Å². The lowest BCUT2D eigenvalue weighted by atomic mass is 9.91. The Hall–Kier alpha value is -1.91. The van der Waals surface area contributed by atoms with E-state index in [0.29, 0.717) is 13.2 Å². The fourth-order valence-corrected chi connectivity index (χ4v) is 5.07. The molecule has 0 aliphatic carbocycles. The maximum atomic E-state index is 12.7. The van der Waals surface area contributed by atoms with Gasteiger partial charge in [-0.3, -0.25) is 25.8 Å². The topological polar surface area (TPSA) is 92.9 Å². The molecule has 9 nitrogen and oxygen atoms in total. The monoisotopic (exact) mass is 459 g/mol. The minimum absolute atomic E-state index is 0.00872. The first kappa shape index (κ1) is 24.2. The number of anilines is 1. The molecule has 0 bridgehead atoms. The first-order valence-corrected chi connectivity index (χ1v) is 12.7. The van der Waals surface area contributed by atoms with Crippen LogP contribution in [0.2, 0.25) is 0 Å². The fourth-order valence-electron chi connectivity index (χ4n) is 5.07. The molecule has 0 saturated carbocycles. The number of hydrogen-bond donors (Lipinski definition) is 5. The van der Waals surface area contributed by atoms with Gasteiger partial charge in [0.15, 0.2) is 0 Å². The summed E-state index contributed by atoms with van der Waals surface area (Å²) in [5, 5.41) is 10.9. The molecule has 33 heavy (non-hydrogen) atoms. The first-order chi connectivity index (χ1) is 16.2. The molecule has 5 N–H and O–H groups in total. The Morgan fingerprint density at radius 1 is 1.06 bits per heavy atom. The summed E-state index contributed by atoms with van der Waals surface area (Å²) in [6, 6.07) is 8.13. The molecule has 1 aromatic carbocycles. The molecular formula is C24H41N7O2.